The zero-order chi connectivity index (χ0) is 6.81. The van der Waals surface area contributed by atoms with E-state index in [1.54, 1.807) is 12.4 Å². The molecular weight excluding hydrogens is 132 g/mol. The quantitative estimate of drug-likeness (QED) is 0.558. The molecule has 0 fully saturated rings. The Hall–Kier alpha value is -1.72. The van der Waals surface area contributed by atoms with E-state index < -0.39 is 0 Å². The van der Waals surface area contributed by atoms with Gasteiger partial charge in [-0.2, -0.15) is 15.4 Å². The minimum absolute atomic E-state index is 0.689. The van der Waals surface area contributed by atoms with Crippen LogP contribution in [0.2, 0.25) is 0 Å². The highest BCUT2D eigenvalue weighted by molar-refractivity contribution is 5.49. The SMILES string of the molecule is c1[nH]nnc1-c1cn[nH]n1. The van der Waals surface area contributed by atoms with E-state index in [9.17, 15) is 0 Å². The molecule has 0 amide bonds. The van der Waals surface area contributed by atoms with Crippen molar-refractivity contribution in [2.24, 2.45) is 0 Å². The molecule has 2 aromatic heterocycles. The first kappa shape index (κ1) is 5.10. The number of rotatable bonds is 1. The van der Waals surface area contributed by atoms with E-state index in [1.165, 1.54) is 0 Å². The van der Waals surface area contributed by atoms with Gasteiger partial charge >= 0.3 is 0 Å². The summed E-state index contributed by atoms with van der Waals surface area (Å²) in [6.07, 6.45) is 3.23. The summed E-state index contributed by atoms with van der Waals surface area (Å²) >= 11 is 0. The fraction of sp³-hybridized carbons (Fsp3) is 0. The molecule has 10 heavy (non-hydrogen) atoms. The molecule has 0 saturated carbocycles. The van der Waals surface area contributed by atoms with Gasteiger partial charge in [0.2, 0.25) is 0 Å². The third-order valence-corrected chi connectivity index (χ3v) is 1.09. The van der Waals surface area contributed by atoms with Crippen molar-refractivity contribution in [1.82, 2.24) is 30.8 Å². The Kier molecular flexibility index (Phi) is 0.970. The summed E-state index contributed by atoms with van der Waals surface area (Å²) in [7, 11) is 0. The number of hydrogen-bond donors (Lipinski definition) is 2. The Morgan fingerprint density at radius 3 is 2.90 bits per heavy atom. The van der Waals surface area contributed by atoms with Gasteiger partial charge in [-0.15, -0.1) is 5.10 Å². The van der Waals surface area contributed by atoms with Gasteiger partial charge in [-0.3, -0.25) is 5.10 Å². The second-order valence-corrected chi connectivity index (χ2v) is 1.71. The normalized spacial score (nSPS) is 10.0. The Balaban J connectivity index is 2.48. The molecular formula is C4H4N6. The van der Waals surface area contributed by atoms with Crippen LogP contribution < -0.4 is 0 Å². The molecule has 6 heteroatoms. The zero-order valence-electron chi connectivity index (χ0n) is 4.94. The molecule has 0 bridgehead atoms. The first-order chi connectivity index (χ1) is 4.97. The average molecular weight is 136 g/mol. The summed E-state index contributed by atoms with van der Waals surface area (Å²) in [5.74, 6) is 0. The third-order valence-electron chi connectivity index (χ3n) is 1.09. The van der Waals surface area contributed by atoms with Crippen LogP contribution in [-0.4, -0.2) is 30.8 Å². The number of H-pyrrole nitrogens is 2. The molecule has 50 valence electrons. The molecule has 2 rings (SSSR count). The van der Waals surface area contributed by atoms with E-state index in [0.717, 1.165) is 0 Å². The average Bonchev–Trinajstić information content (AvgIpc) is 2.59. The Morgan fingerprint density at radius 1 is 1.30 bits per heavy atom. The van der Waals surface area contributed by atoms with Gasteiger partial charge in [0, 0.05) is 0 Å². The van der Waals surface area contributed by atoms with E-state index in [1.807, 2.05) is 0 Å². The highest BCUT2D eigenvalue weighted by atomic mass is 15.4. The van der Waals surface area contributed by atoms with Gasteiger partial charge < -0.3 is 0 Å². The van der Waals surface area contributed by atoms with Crippen LogP contribution in [0.25, 0.3) is 11.4 Å². The lowest BCUT2D eigenvalue weighted by Gasteiger charge is -1.78. The second kappa shape index (κ2) is 1.90. The maximum atomic E-state index is 3.80. The second-order valence-electron chi connectivity index (χ2n) is 1.71. The Morgan fingerprint density at radius 2 is 2.30 bits per heavy atom. The predicted molar refractivity (Wildman–Crippen MR) is 31.8 cm³/mol. The molecule has 0 aliphatic carbocycles. The van der Waals surface area contributed by atoms with E-state index in [4.69, 9.17) is 0 Å². The van der Waals surface area contributed by atoms with Gasteiger partial charge in [0.1, 0.15) is 11.4 Å². The number of nitrogens with zero attached hydrogens (tertiary/aromatic N) is 4. The minimum Gasteiger partial charge on any atom is -0.265 e. The van der Waals surface area contributed by atoms with Gasteiger partial charge in [-0.05, 0) is 0 Å². The molecule has 2 heterocycles. The fourth-order valence-electron chi connectivity index (χ4n) is 0.652. The molecule has 0 atom stereocenters. The van der Waals surface area contributed by atoms with Crippen LogP contribution in [-0.2, 0) is 0 Å². The van der Waals surface area contributed by atoms with Crippen LogP contribution in [0.1, 0.15) is 0 Å². The largest absolute Gasteiger partial charge is 0.265 e. The zero-order valence-corrected chi connectivity index (χ0v) is 4.94. The highest BCUT2D eigenvalue weighted by Crippen LogP contribution is 2.07. The summed E-state index contributed by atoms with van der Waals surface area (Å²) in [5, 5.41) is 19.7. The summed E-state index contributed by atoms with van der Waals surface area (Å²) in [5.41, 5.74) is 1.38. The van der Waals surface area contributed by atoms with Crippen LogP contribution in [0, 0.1) is 0 Å². The van der Waals surface area contributed by atoms with E-state index in [-0.39, 0.29) is 0 Å². The summed E-state index contributed by atoms with van der Waals surface area (Å²) < 4.78 is 0. The lowest BCUT2D eigenvalue weighted by molar-refractivity contribution is 0.930. The lowest BCUT2D eigenvalue weighted by atomic mass is 10.4. The molecule has 2 aromatic rings. The molecule has 0 spiro atoms. The molecule has 0 aromatic carbocycles. The van der Waals surface area contributed by atoms with Gasteiger partial charge in [-0.25, -0.2) is 0 Å². The van der Waals surface area contributed by atoms with Crippen LogP contribution in [0.5, 0.6) is 0 Å². The van der Waals surface area contributed by atoms with Crippen molar-refractivity contribution < 1.29 is 0 Å². The molecule has 0 unspecified atom stereocenters. The van der Waals surface area contributed by atoms with Crippen LogP contribution in [0.15, 0.2) is 12.4 Å². The van der Waals surface area contributed by atoms with Crippen molar-refractivity contribution in [2.75, 3.05) is 0 Å². The standard InChI is InChI=1S/C4H4N6/c1-3(7-9-5-1)4-2-6-10-8-4/h1-2H,(H,5,7,9)(H,6,8,10). The van der Waals surface area contributed by atoms with Gasteiger partial charge in [0.05, 0.1) is 12.4 Å². The molecule has 0 aliphatic heterocycles. The fourth-order valence-corrected chi connectivity index (χ4v) is 0.652. The van der Waals surface area contributed by atoms with Crippen molar-refractivity contribution in [2.45, 2.75) is 0 Å². The van der Waals surface area contributed by atoms with E-state index in [2.05, 4.69) is 30.8 Å². The molecule has 6 nitrogen and oxygen atoms in total. The van der Waals surface area contributed by atoms with Crippen molar-refractivity contribution >= 4 is 0 Å². The van der Waals surface area contributed by atoms with Gasteiger partial charge in [0.15, 0.2) is 0 Å². The number of nitrogens with one attached hydrogen (secondary N) is 2. The monoisotopic (exact) mass is 136 g/mol. The molecule has 0 saturated heterocycles. The van der Waals surface area contributed by atoms with Crippen molar-refractivity contribution in [1.29, 1.82) is 0 Å². The molecule has 0 aliphatic rings. The summed E-state index contributed by atoms with van der Waals surface area (Å²) in [6.45, 7) is 0. The maximum Gasteiger partial charge on any atom is 0.134 e. The van der Waals surface area contributed by atoms with Crippen LogP contribution in [0.4, 0.5) is 0 Å². The van der Waals surface area contributed by atoms with Crippen LogP contribution >= 0.6 is 0 Å². The summed E-state index contributed by atoms with van der Waals surface area (Å²) in [4.78, 5) is 0. The first-order valence-electron chi connectivity index (χ1n) is 2.69. The lowest BCUT2D eigenvalue weighted by Crippen LogP contribution is -1.76. The van der Waals surface area contributed by atoms with Gasteiger partial charge in [0.25, 0.3) is 0 Å². The Bertz CT molecular complexity index is 249. The van der Waals surface area contributed by atoms with Crippen molar-refractivity contribution in [3.63, 3.8) is 0 Å². The number of aromatic nitrogens is 6. The Labute approximate surface area is 55.7 Å². The van der Waals surface area contributed by atoms with E-state index >= 15 is 0 Å². The highest BCUT2D eigenvalue weighted by Gasteiger charge is 2.00. The number of hydrogen-bond acceptors (Lipinski definition) is 4. The smallest absolute Gasteiger partial charge is 0.134 e. The predicted octanol–water partition coefficient (Wildman–Crippen LogP) is -0.410. The van der Waals surface area contributed by atoms with Gasteiger partial charge in [-0.1, -0.05) is 5.21 Å². The topological polar surface area (TPSA) is 83.1 Å². The third kappa shape index (κ3) is 0.661. The molecule has 2 N–H and O–H groups in total. The van der Waals surface area contributed by atoms with Crippen LogP contribution in [0.3, 0.4) is 0 Å². The van der Waals surface area contributed by atoms with Crippen molar-refractivity contribution in [3.8, 4) is 11.4 Å². The maximum absolute atomic E-state index is 3.80. The minimum atomic E-state index is 0.689. The van der Waals surface area contributed by atoms with E-state index in [0.29, 0.717) is 11.4 Å². The summed E-state index contributed by atoms with van der Waals surface area (Å²) in [6, 6.07) is 0. The van der Waals surface area contributed by atoms with Crippen molar-refractivity contribution in [3.05, 3.63) is 12.4 Å². The number of aromatic amines is 2. The first-order valence-corrected chi connectivity index (χ1v) is 2.69. The molecule has 0 radical (unpaired) electrons.